The van der Waals surface area contributed by atoms with Crippen LogP contribution < -0.4 is 5.32 Å². The lowest BCUT2D eigenvalue weighted by Crippen LogP contribution is -2.09. The largest absolute Gasteiger partial charge is 0.373 e. The molecule has 0 radical (unpaired) electrons. The van der Waals surface area contributed by atoms with Gasteiger partial charge < -0.3 is 5.32 Å². The predicted octanol–water partition coefficient (Wildman–Crippen LogP) is 6.57. The number of hydrogen-bond donors (Lipinski definition) is 1. The first-order chi connectivity index (χ1) is 10.1. The molecule has 2 aromatic heterocycles. The Hall–Kier alpha value is -0.880. The monoisotopic (exact) mass is 401 g/mol. The first-order valence-electron chi connectivity index (χ1n) is 6.14. The van der Waals surface area contributed by atoms with Crippen molar-refractivity contribution in [3.8, 4) is 0 Å². The van der Waals surface area contributed by atoms with E-state index in [0.29, 0.717) is 4.47 Å². The minimum atomic E-state index is -0.271. The molecule has 0 saturated heterocycles. The van der Waals surface area contributed by atoms with Gasteiger partial charge in [-0.25, -0.2) is 4.39 Å². The second-order valence-electron chi connectivity index (χ2n) is 4.36. The minimum absolute atomic E-state index is 0.0138. The maximum absolute atomic E-state index is 13.3. The summed E-state index contributed by atoms with van der Waals surface area (Å²) in [6.45, 7) is 0. The molecule has 1 N–H and O–H groups in total. The van der Waals surface area contributed by atoms with Gasteiger partial charge in [0.2, 0.25) is 0 Å². The van der Waals surface area contributed by atoms with E-state index in [2.05, 4.69) is 27.3 Å². The maximum Gasteiger partial charge on any atom is 0.137 e. The van der Waals surface area contributed by atoms with E-state index in [1.165, 1.54) is 10.9 Å². The van der Waals surface area contributed by atoms with Gasteiger partial charge in [-0.05, 0) is 57.7 Å². The molecule has 0 aliphatic heterocycles. The van der Waals surface area contributed by atoms with Crippen LogP contribution in [0.25, 0.3) is 0 Å². The summed E-state index contributed by atoms with van der Waals surface area (Å²) in [7, 11) is 0. The lowest BCUT2D eigenvalue weighted by atomic mass is 10.2. The van der Waals surface area contributed by atoms with E-state index in [0.717, 1.165) is 14.9 Å². The van der Waals surface area contributed by atoms with Crippen LogP contribution >= 0.6 is 50.2 Å². The molecular formula is C15H10BrClFNS2. The van der Waals surface area contributed by atoms with Gasteiger partial charge in [0.25, 0.3) is 0 Å². The van der Waals surface area contributed by atoms with Crippen molar-refractivity contribution in [3.63, 3.8) is 0 Å². The van der Waals surface area contributed by atoms with Gasteiger partial charge in [-0.2, -0.15) is 0 Å². The number of hydrogen-bond acceptors (Lipinski definition) is 3. The molecule has 3 rings (SSSR count). The van der Waals surface area contributed by atoms with E-state index in [1.807, 2.05) is 23.6 Å². The van der Waals surface area contributed by atoms with Gasteiger partial charge in [0.1, 0.15) is 5.82 Å². The molecule has 0 fully saturated rings. The summed E-state index contributed by atoms with van der Waals surface area (Å²) >= 11 is 12.5. The van der Waals surface area contributed by atoms with E-state index in [-0.39, 0.29) is 11.9 Å². The van der Waals surface area contributed by atoms with Crippen molar-refractivity contribution < 1.29 is 4.39 Å². The quantitative estimate of drug-likeness (QED) is 0.520. The summed E-state index contributed by atoms with van der Waals surface area (Å²) in [5.74, 6) is -0.271. The number of benzene rings is 1. The van der Waals surface area contributed by atoms with E-state index >= 15 is 0 Å². The van der Waals surface area contributed by atoms with Crippen LogP contribution in [0.3, 0.4) is 0 Å². The maximum atomic E-state index is 13.3. The summed E-state index contributed by atoms with van der Waals surface area (Å²) in [5.41, 5.74) is 0.853. The van der Waals surface area contributed by atoms with Crippen molar-refractivity contribution >= 4 is 55.9 Å². The van der Waals surface area contributed by atoms with Gasteiger partial charge in [0.05, 0.1) is 14.9 Å². The van der Waals surface area contributed by atoms with Crippen LogP contribution in [0.2, 0.25) is 4.34 Å². The molecule has 21 heavy (non-hydrogen) atoms. The van der Waals surface area contributed by atoms with Crippen molar-refractivity contribution in [3.05, 3.63) is 72.2 Å². The normalized spacial score (nSPS) is 12.3. The van der Waals surface area contributed by atoms with Crippen molar-refractivity contribution in [1.29, 1.82) is 0 Å². The Balaban J connectivity index is 1.94. The molecule has 3 aromatic rings. The number of anilines is 1. The Morgan fingerprint density at radius 1 is 1.14 bits per heavy atom. The van der Waals surface area contributed by atoms with E-state index in [4.69, 9.17) is 11.6 Å². The van der Waals surface area contributed by atoms with Gasteiger partial charge in [0.15, 0.2) is 0 Å². The van der Waals surface area contributed by atoms with Crippen LogP contribution in [0.4, 0.5) is 10.1 Å². The minimum Gasteiger partial charge on any atom is -0.373 e. The second-order valence-corrected chi connectivity index (χ2v) is 7.94. The van der Waals surface area contributed by atoms with E-state index < -0.39 is 0 Å². The van der Waals surface area contributed by atoms with Crippen LogP contribution in [0, 0.1) is 5.82 Å². The van der Waals surface area contributed by atoms with Crippen LogP contribution in [-0.2, 0) is 0 Å². The Morgan fingerprint density at radius 2 is 2.00 bits per heavy atom. The van der Waals surface area contributed by atoms with Gasteiger partial charge in [-0.3, -0.25) is 0 Å². The fourth-order valence-electron chi connectivity index (χ4n) is 1.97. The second kappa shape index (κ2) is 6.48. The third-order valence-electron chi connectivity index (χ3n) is 2.94. The summed E-state index contributed by atoms with van der Waals surface area (Å²) in [6, 6.07) is 12.9. The number of nitrogens with one attached hydrogen (secondary N) is 1. The highest BCUT2D eigenvalue weighted by Gasteiger charge is 2.17. The topological polar surface area (TPSA) is 12.0 Å². The lowest BCUT2D eigenvalue weighted by molar-refractivity contribution is 0.621. The Bertz CT molecular complexity index is 742. The lowest BCUT2D eigenvalue weighted by Gasteiger charge is -2.18. The van der Waals surface area contributed by atoms with Crippen LogP contribution in [0.1, 0.15) is 15.8 Å². The van der Waals surface area contributed by atoms with Crippen molar-refractivity contribution in [2.24, 2.45) is 0 Å². The fourth-order valence-corrected chi connectivity index (χ4v) is 4.35. The van der Waals surface area contributed by atoms with Crippen LogP contribution in [-0.4, -0.2) is 0 Å². The summed E-state index contributed by atoms with van der Waals surface area (Å²) in [4.78, 5) is 2.32. The highest BCUT2D eigenvalue weighted by molar-refractivity contribution is 9.10. The molecule has 0 aliphatic rings. The first-order valence-corrected chi connectivity index (χ1v) is 9.00. The highest BCUT2D eigenvalue weighted by Crippen LogP contribution is 2.36. The highest BCUT2D eigenvalue weighted by atomic mass is 79.9. The van der Waals surface area contributed by atoms with Crippen molar-refractivity contribution in [2.45, 2.75) is 6.04 Å². The predicted molar refractivity (Wildman–Crippen MR) is 93.2 cm³/mol. The third kappa shape index (κ3) is 3.48. The molecule has 0 aliphatic carbocycles. The third-order valence-corrected chi connectivity index (χ3v) is 5.78. The molecule has 108 valence electrons. The molecule has 0 spiro atoms. The summed E-state index contributed by atoms with van der Waals surface area (Å²) < 4.78 is 14.6. The Kier molecular flexibility index (Phi) is 4.64. The van der Waals surface area contributed by atoms with Gasteiger partial charge in [-0.1, -0.05) is 17.7 Å². The molecule has 1 unspecified atom stereocenters. The standard InChI is InChI=1S/C15H10BrClFNS2/c16-10-8-9(3-4-11(10)18)19-15(12-2-1-7-20-12)13-5-6-14(17)21-13/h1-8,15,19H. The molecule has 2 heterocycles. The number of thiophene rings is 2. The molecule has 6 heteroatoms. The SMILES string of the molecule is Fc1ccc(NC(c2cccs2)c2ccc(Cl)s2)cc1Br. The van der Waals surface area contributed by atoms with E-state index in [9.17, 15) is 4.39 Å². The average molecular weight is 403 g/mol. The zero-order valence-electron chi connectivity index (χ0n) is 10.6. The molecule has 0 bridgehead atoms. The molecule has 0 amide bonds. The van der Waals surface area contributed by atoms with Gasteiger partial charge in [-0.15, -0.1) is 22.7 Å². The van der Waals surface area contributed by atoms with Gasteiger partial charge >= 0.3 is 0 Å². The zero-order chi connectivity index (χ0) is 14.8. The Morgan fingerprint density at radius 3 is 2.62 bits per heavy atom. The zero-order valence-corrected chi connectivity index (χ0v) is 14.6. The molecule has 1 atom stereocenters. The van der Waals surface area contributed by atoms with Gasteiger partial charge in [0, 0.05) is 15.4 Å². The van der Waals surface area contributed by atoms with Crippen molar-refractivity contribution in [2.75, 3.05) is 5.32 Å². The molecule has 0 saturated carbocycles. The molecule has 1 nitrogen and oxygen atoms in total. The van der Waals surface area contributed by atoms with E-state index in [1.54, 1.807) is 34.8 Å². The summed E-state index contributed by atoms with van der Waals surface area (Å²) in [5, 5.41) is 5.49. The smallest absolute Gasteiger partial charge is 0.137 e. The average Bonchev–Trinajstić information content (AvgIpc) is 3.11. The van der Waals surface area contributed by atoms with Crippen molar-refractivity contribution in [1.82, 2.24) is 0 Å². The molecular weight excluding hydrogens is 393 g/mol. The first kappa shape index (κ1) is 15.0. The van der Waals surface area contributed by atoms with Crippen LogP contribution in [0.5, 0.6) is 0 Å². The Labute approximate surface area is 143 Å². The molecule has 1 aromatic carbocycles. The summed E-state index contributed by atoms with van der Waals surface area (Å²) in [6.07, 6.45) is 0. The van der Waals surface area contributed by atoms with Crippen LogP contribution in [0.15, 0.2) is 52.3 Å². The number of halogens is 3. The number of rotatable bonds is 4. The fraction of sp³-hybridized carbons (Fsp3) is 0.0667.